The van der Waals surface area contributed by atoms with Crippen molar-refractivity contribution in [3.8, 4) is 5.69 Å². The van der Waals surface area contributed by atoms with Gasteiger partial charge >= 0.3 is 6.18 Å². The molecule has 0 fully saturated rings. The molecular formula is C16H11ClF3N3O2. The lowest BCUT2D eigenvalue weighted by Gasteiger charge is -2.13. The molecule has 2 aromatic heterocycles. The van der Waals surface area contributed by atoms with E-state index < -0.39 is 17.6 Å². The van der Waals surface area contributed by atoms with Gasteiger partial charge in [-0.1, -0.05) is 11.6 Å². The number of nitrogens with zero attached hydrogens (tertiary/aromatic N) is 2. The van der Waals surface area contributed by atoms with Gasteiger partial charge in [0.15, 0.2) is 5.76 Å². The quantitative estimate of drug-likeness (QED) is 0.728. The summed E-state index contributed by atoms with van der Waals surface area (Å²) < 4.78 is 45.0. The Morgan fingerprint density at radius 3 is 2.68 bits per heavy atom. The Morgan fingerprint density at radius 2 is 2.04 bits per heavy atom. The Morgan fingerprint density at radius 1 is 1.28 bits per heavy atom. The van der Waals surface area contributed by atoms with E-state index in [4.69, 9.17) is 16.0 Å². The van der Waals surface area contributed by atoms with Crippen molar-refractivity contribution in [3.05, 3.63) is 64.7 Å². The second kappa shape index (κ2) is 6.29. The zero-order valence-electron chi connectivity index (χ0n) is 12.8. The molecule has 0 aliphatic heterocycles. The van der Waals surface area contributed by atoms with Crippen molar-refractivity contribution >= 4 is 23.3 Å². The number of furan rings is 1. The van der Waals surface area contributed by atoms with E-state index in [9.17, 15) is 18.0 Å². The Balaban J connectivity index is 2.03. The summed E-state index contributed by atoms with van der Waals surface area (Å²) in [6.07, 6.45) is -3.19. The molecule has 2 heterocycles. The molecule has 0 aliphatic rings. The summed E-state index contributed by atoms with van der Waals surface area (Å²) >= 11 is 6.04. The van der Waals surface area contributed by atoms with Crippen LogP contribution >= 0.6 is 11.6 Å². The number of alkyl halides is 3. The summed E-state index contributed by atoms with van der Waals surface area (Å²) in [5.74, 6) is -0.338. The van der Waals surface area contributed by atoms with Crippen molar-refractivity contribution in [3.63, 3.8) is 0 Å². The van der Waals surface area contributed by atoms with Gasteiger partial charge in [-0.2, -0.15) is 18.3 Å². The zero-order chi connectivity index (χ0) is 18.2. The topological polar surface area (TPSA) is 60.1 Å². The van der Waals surface area contributed by atoms with Crippen molar-refractivity contribution in [2.45, 2.75) is 13.1 Å². The lowest BCUT2D eigenvalue weighted by molar-refractivity contribution is -0.137. The van der Waals surface area contributed by atoms with Crippen LogP contribution in [-0.2, 0) is 6.18 Å². The Hall–Kier alpha value is -2.74. The minimum absolute atomic E-state index is 0.000614. The van der Waals surface area contributed by atoms with Crippen LogP contribution in [0.1, 0.15) is 21.8 Å². The number of aryl methyl sites for hydroxylation is 1. The Bertz CT molecular complexity index is 917. The molecule has 0 saturated heterocycles. The average Bonchev–Trinajstić information content (AvgIpc) is 3.16. The smallest absolute Gasteiger partial charge is 0.416 e. The molecule has 130 valence electrons. The van der Waals surface area contributed by atoms with Crippen LogP contribution < -0.4 is 5.32 Å². The number of carbonyl (C=O) groups is 1. The lowest BCUT2D eigenvalue weighted by atomic mass is 10.2. The van der Waals surface area contributed by atoms with E-state index in [1.807, 2.05) is 0 Å². The molecule has 1 amide bonds. The summed E-state index contributed by atoms with van der Waals surface area (Å²) in [5, 5.41) is 6.72. The van der Waals surface area contributed by atoms with Crippen LogP contribution in [0.15, 0.2) is 47.1 Å². The van der Waals surface area contributed by atoms with Gasteiger partial charge in [0.2, 0.25) is 0 Å². The SMILES string of the molecule is Cc1cc(NC(=O)c2ccco2)n(-c2cc(C(F)(F)F)ccc2Cl)n1. The second-order valence-electron chi connectivity index (χ2n) is 5.18. The number of aromatic nitrogens is 2. The first-order valence-corrected chi connectivity index (χ1v) is 7.42. The summed E-state index contributed by atoms with van der Waals surface area (Å²) in [6, 6.07) is 7.40. The molecule has 1 aromatic carbocycles. The Kier molecular flexibility index (Phi) is 4.30. The van der Waals surface area contributed by atoms with E-state index in [0.717, 1.165) is 22.9 Å². The lowest BCUT2D eigenvalue weighted by Crippen LogP contribution is -2.15. The first-order chi connectivity index (χ1) is 11.8. The van der Waals surface area contributed by atoms with E-state index in [1.165, 1.54) is 18.4 Å². The fourth-order valence-electron chi connectivity index (χ4n) is 2.21. The van der Waals surface area contributed by atoms with E-state index in [1.54, 1.807) is 13.0 Å². The van der Waals surface area contributed by atoms with Gasteiger partial charge in [-0.05, 0) is 37.3 Å². The predicted molar refractivity (Wildman–Crippen MR) is 85.0 cm³/mol. The molecule has 0 saturated carbocycles. The highest BCUT2D eigenvalue weighted by molar-refractivity contribution is 6.32. The van der Waals surface area contributed by atoms with Gasteiger partial charge in [0.25, 0.3) is 5.91 Å². The molecule has 5 nitrogen and oxygen atoms in total. The van der Waals surface area contributed by atoms with Gasteiger partial charge in [0.05, 0.1) is 28.2 Å². The van der Waals surface area contributed by atoms with Crippen molar-refractivity contribution in [1.29, 1.82) is 0 Å². The Labute approximate surface area is 145 Å². The molecule has 1 N–H and O–H groups in total. The number of rotatable bonds is 3. The van der Waals surface area contributed by atoms with E-state index in [2.05, 4.69) is 10.4 Å². The third-order valence-electron chi connectivity index (χ3n) is 3.32. The first-order valence-electron chi connectivity index (χ1n) is 7.04. The minimum Gasteiger partial charge on any atom is -0.459 e. The number of nitrogens with one attached hydrogen (secondary N) is 1. The molecule has 0 unspecified atom stereocenters. The minimum atomic E-state index is -4.53. The summed E-state index contributed by atoms with van der Waals surface area (Å²) in [4.78, 5) is 12.1. The van der Waals surface area contributed by atoms with Crippen LogP contribution in [-0.4, -0.2) is 15.7 Å². The van der Waals surface area contributed by atoms with Crippen LogP contribution in [0.2, 0.25) is 5.02 Å². The maximum absolute atomic E-state index is 13.0. The highest BCUT2D eigenvalue weighted by Gasteiger charge is 2.31. The van der Waals surface area contributed by atoms with E-state index >= 15 is 0 Å². The van der Waals surface area contributed by atoms with Gasteiger partial charge in [0, 0.05) is 6.07 Å². The highest BCUT2D eigenvalue weighted by Crippen LogP contribution is 2.34. The van der Waals surface area contributed by atoms with Gasteiger partial charge < -0.3 is 9.73 Å². The molecule has 0 bridgehead atoms. The predicted octanol–water partition coefficient (Wildman–Crippen LogP) is 4.70. The van der Waals surface area contributed by atoms with E-state index in [0.29, 0.717) is 5.69 Å². The monoisotopic (exact) mass is 369 g/mol. The van der Waals surface area contributed by atoms with Crippen molar-refractivity contribution in [2.75, 3.05) is 5.32 Å². The van der Waals surface area contributed by atoms with Crippen LogP contribution in [0, 0.1) is 6.92 Å². The summed E-state index contributed by atoms with van der Waals surface area (Å²) in [5.41, 5.74) is -0.383. The third-order valence-corrected chi connectivity index (χ3v) is 3.64. The molecule has 0 atom stereocenters. The van der Waals surface area contributed by atoms with Crippen LogP contribution in [0.5, 0.6) is 0 Å². The van der Waals surface area contributed by atoms with Gasteiger partial charge in [0.1, 0.15) is 5.82 Å². The fourth-order valence-corrected chi connectivity index (χ4v) is 2.41. The molecule has 0 radical (unpaired) electrons. The maximum Gasteiger partial charge on any atom is 0.416 e. The second-order valence-corrected chi connectivity index (χ2v) is 5.59. The standard InChI is InChI=1S/C16H11ClF3N3O2/c1-9-7-14(21-15(24)13-3-2-6-25-13)23(22-9)12-8-10(16(18,19)20)4-5-11(12)17/h2-8H,1H3,(H,21,24). The van der Waals surface area contributed by atoms with E-state index in [-0.39, 0.29) is 22.3 Å². The number of hydrogen-bond donors (Lipinski definition) is 1. The number of anilines is 1. The summed E-state index contributed by atoms with van der Waals surface area (Å²) in [7, 11) is 0. The van der Waals surface area contributed by atoms with Gasteiger partial charge in [-0.25, -0.2) is 4.68 Å². The molecule has 25 heavy (non-hydrogen) atoms. The van der Waals surface area contributed by atoms with Crippen LogP contribution in [0.4, 0.5) is 19.0 Å². The average molecular weight is 370 g/mol. The number of halogens is 4. The van der Waals surface area contributed by atoms with Crippen LogP contribution in [0.3, 0.4) is 0 Å². The number of amides is 1. The van der Waals surface area contributed by atoms with Crippen molar-refractivity contribution in [2.24, 2.45) is 0 Å². The molecule has 3 aromatic rings. The third kappa shape index (κ3) is 3.53. The van der Waals surface area contributed by atoms with Crippen LogP contribution in [0.25, 0.3) is 5.69 Å². The zero-order valence-corrected chi connectivity index (χ0v) is 13.5. The molecule has 9 heteroatoms. The number of benzene rings is 1. The molecule has 0 spiro atoms. The summed E-state index contributed by atoms with van der Waals surface area (Å²) in [6.45, 7) is 1.64. The highest BCUT2D eigenvalue weighted by atomic mass is 35.5. The number of hydrogen-bond acceptors (Lipinski definition) is 3. The maximum atomic E-state index is 13.0. The van der Waals surface area contributed by atoms with Gasteiger partial charge in [-0.15, -0.1) is 0 Å². The van der Waals surface area contributed by atoms with Gasteiger partial charge in [-0.3, -0.25) is 4.79 Å². The normalized spacial score (nSPS) is 11.6. The molecule has 0 aliphatic carbocycles. The largest absolute Gasteiger partial charge is 0.459 e. The van der Waals surface area contributed by atoms with Crippen molar-refractivity contribution in [1.82, 2.24) is 9.78 Å². The molecule has 3 rings (SSSR count). The van der Waals surface area contributed by atoms with Crippen molar-refractivity contribution < 1.29 is 22.4 Å². The first kappa shape index (κ1) is 17.1. The molecular weight excluding hydrogens is 359 g/mol. The fraction of sp³-hybridized carbons (Fsp3) is 0.125. The number of carbonyl (C=O) groups excluding carboxylic acids is 1.